The van der Waals surface area contributed by atoms with Crippen LogP contribution in [0.5, 0.6) is 5.75 Å². The van der Waals surface area contributed by atoms with Crippen molar-refractivity contribution in [2.24, 2.45) is 0 Å². The van der Waals surface area contributed by atoms with Gasteiger partial charge in [-0.3, -0.25) is 9.69 Å². The van der Waals surface area contributed by atoms with Crippen molar-refractivity contribution < 1.29 is 14.6 Å². The number of carbonyl (C=O) groups excluding carboxylic acids is 1. The Morgan fingerprint density at radius 1 is 1.36 bits per heavy atom. The van der Waals surface area contributed by atoms with Crippen molar-refractivity contribution in [3.8, 4) is 5.75 Å². The molecule has 0 spiro atoms. The van der Waals surface area contributed by atoms with Crippen LogP contribution in [0.15, 0.2) is 24.3 Å². The number of piperidine rings is 1. The van der Waals surface area contributed by atoms with Gasteiger partial charge in [0.05, 0.1) is 13.7 Å². The predicted molar refractivity (Wildman–Crippen MR) is 85.8 cm³/mol. The number of aliphatic hydroxyl groups excluding tert-OH is 1. The molecule has 1 amide bonds. The first-order valence-corrected chi connectivity index (χ1v) is 7.97. The van der Waals surface area contributed by atoms with Gasteiger partial charge in [-0.1, -0.05) is 18.6 Å². The summed E-state index contributed by atoms with van der Waals surface area (Å²) >= 11 is 0. The lowest BCUT2D eigenvalue weighted by atomic mass is 10.0. The van der Waals surface area contributed by atoms with E-state index in [1.165, 1.54) is 6.42 Å². The first-order chi connectivity index (χ1) is 10.7. The fraction of sp³-hybridized carbons (Fsp3) is 0.588. The second kappa shape index (κ2) is 8.76. The minimum Gasteiger partial charge on any atom is -0.497 e. The van der Waals surface area contributed by atoms with E-state index in [1.54, 1.807) is 7.11 Å². The zero-order valence-electron chi connectivity index (χ0n) is 13.3. The molecule has 2 N–H and O–H groups in total. The Labute approximate surface area is 132 Å². The lowest BCUT2D eigenvalue weighted by molar-refractivity contribution is -0.121. The van der Waals surface area contributed by atoms with Gasteiger partial charge in [0.25, 0.3) is 0 Å². The molecule has 5 nitrogen and oxygen atoms in total. The Kier molecular flexibility index (Phi) is 6.68. The molecule has 22 heavy (non-hydrogen) atoms. The van der Waals surface area contributed by atoms with E-state index in [-0.39, 0.29) is 18.6 Å². The standard InChI is InChI=1S/C17H26N2O3/c1-22-16-7-5-14(6-8-16)12-18-17(21)9-11-19-10-3-2-4-15(19)13-20/h5-8,15,20H,2-4,9-13H2,1H3,(H,18,21)/t15-/m0/s1. The normalized spacial score (nSPS) is 18.9. The highest BCUT2D eigenvalue weighted by Gasteiger charge is 2.21. The van der Waals surface area contributed by atoms with Crippen LogP contribution in [-0.2, 0) is 11.3 Å². The van der Waals surface area contributed by atoms with E-state index in [2.05, 4.69) is 10.2 Å². The van der Waals surface area contributed by atoms with Crippen LogP contribution in [-0.4, -0.2) is 48.8 Å². The van der Waals surface area contributed by atoms with Crippen LogP contribution in [0, 0.1) is 0 Å². The number of rotatable bonds is 7. The molecule has 122 valence electrons. The van der Waals surface area contributed by atoms with Crippen molar-refractivity contribution in [3.63, 3.8) is 0 Å². The van der Waals surface area contributed by atoms with Crippen LogP contribution in [0.4, 0.5) is 0 Å². The maximum Gasteiger partial charge on any atom is 0.221 e. The summed E-state index contributed by atoms with van der Waals surface area (Å²) < 4.78 is 5.11. The lowest BCUT2D eigenvalue weighted by Gasteiger charge is -2.34. The summed E-state index contributed by atoms with van der Waals surface area (Å²) in [4.78, 5) is 14.2. The number of hydrogen-bond acceptors (Lipinski definition) is 4. The van der Waals surface area contributed by atoms with Gasteiger partial charge in [0.15, 0.2) is 0 Å². The molecule has 0 radical (unpaired) electrons. The van der Waals surface area contributed by atoms with E-state index in [9.17, 15) is 9.90 Å². The molecule has 0 saturated carbocycles. The topological polar surface area (TPSA) is 61.8 Å². The number of aliphatic hydroxyl groups is 1. The molecule has 1 aliphatic rings. The summed E-state index contributed by atoms with van der Waals surface area (Å²) in [7, 11) is 1.64. The largest absolute Gasteiger partial charge is 0.497 e. The molecule has 1 heterocycles. The molecule has 2 rings (SSSR count). The number of methoxy groups -OCH3 is 1. The molecule has 5 heteroatoms. The van der Waals surface area contributed by atoms with Crippen molar-refractivity contribution in [3.05, 3.63) is 29.8 Å². The van der Waals surface area contributed by atoms with E-state index >= 15 is 0 Å². The fourth-order valence-corrected chi connectivity index (χ4v) is 2.84. The van der Waals surface area contributed by atoms with E-state index in [0.717, 1.165) is 37.2 Å². The second-order valence-electron chi connectivity index (χ2n) is 5.74. The monoisotopic (exact) mass is 306 g/mol. The van der Waals surface area contributed by atoms with Gasteiger partial charge in [-0.05, 0) is 37.1 Å². The van der Waals surface area contributed by atoms with E-state index in [1.807, 2.05) is 24.3 Å². The maximum atomic E-state index is 12.0. The zero-order valence-corrected chi connectivity index (χ0v) is 13.3. The smallest absolute Gasteiger partial charge is 0.221 e. The van der Waals surface area contributed by atoms with Crippen LogP contribution in [0.2, 0.25) is 0 Å². The summed E-state index contributed by atoms with van der Waals surface area (Å²) in [6.07, 6.45) is 3.84. The average Bonchev–Trinajstić information content (AvgIpc) is 2.58. The third-order valence-electron chi connectivity index (χ3n) is 4.23. The third-order valence-corrected chi connectivity index (χ3v) is 4.23. The highest BCUT2D eigenvalue weighted by Crippen LogP contribution is 2.16. The third kappa shape index (κ3) is 5.00. The van der Waals surface area contributed by atoms with E-state index < -0.39 is 0 Å². The molecule has 1 saturated heterocycles. The first kappa shape index (κ1) is 16.8. The molecule has 1 aromatic rings. The molecular weight excluding hydrogens is 280 g/mol. The van der Waals surface area contributed by atoms with Gasteiger partial charge in [0.2, 0.25) is 5.91 Å². The van der Waals surface area contributed by atoms with Crippen LogP contribution in [0.3, 0.4) is 0 Å². The van der Waals surface area contributed by atoms with Gasteiger partial charge in [-0.2, -0.15) is 0 Å². The molecule has 0 aliphatic carbocycles. The molecule has 1 fully saturated rings. The Morgan fingerprint density at radius 3 is 2.82 bits per heavy atom. The molecular formula is C17H26N2O3. The number of ether oxygens (including phenoxy) is 1. The summed E-state index contributed by atoms with van der Waals surface area (Å²) in [5, 5.41) is 12.3. The number of benzene rings is 1. The zero-order chi connectivity index (χ0) is 15.8. The summed E-state index contributed by atoms with van der Waals surface area (Å²) in [6, 6.07) is 7.90. The Bertz CT molecular complexity index is 461. The van der Waals surface area contributed by atoms with Crippen LogP contribution in [0.1, 0.15) is 31.2 Å². The van der Waals surface area contributed by atoms with Crippen molar-refractivity contribution >= 4 is 5.91 Å². The molecule has 0 unspecified atom stereocenters. The molecule has 1 aromatic carbocycles. The number of carbonyl (C=O) groups is 1. The Balaban J connectivity index is 1.70. The minimum atomic E-state index is 0.0538. The number of hydrogen-bond donors (Lipinski definition) is 2. The van der Waals surface area contributed by atoms with Gasteiger partial charge in [0, 0.05) is 25.6 Å². The van der Waals surface area contributed by atoms with Crippen LogP contribution < -0.4 is 10.1 Å². The number of nitrogens with zero attached hydrogens (tertiary/aromatic N) is 1. The number of nitrogens with one attached hydrogen (secondary N) is 1. The summed E-state index contributed by atoms with van der Waals surface area (Å²) in [6.45, 7) is 2.43. The summed E-state index contributed by atoms with van der Waals surface area (Å²) in [5.74, 6) is 0.869. The average molecular weight is 306 g/mol. The van der Waals surface area contributed by atoms with Gasteiger partial charge >= 0.3 is 0 Å². The molecule has 1 atom stereocenters. The van der Waals surface area contributed by atoms with Crippen molar-refractivity contribution in [2.45, 2.75) is 38.3 Å². The fourth-order valence-electron chi connectivity index (χ4n) is 2.84. The molecule has 0 aromatic heterocycles. The van der Waals surface area contributed by atoms with Gasteiger partial charge in [-0.15, -0.1) is 0 Å². The predicted octanol–water partition coefficient (Wildman–Crippen LogP) is 1.55. The minimum absolute atomic E-state index is 0.0538. The van der Waals surface area contributed by atoms with Crippen LogP contribution in [0.25, 0.3) is 0 Å². The Hall–Kier alpha value is -1.59. The lowest BCUT2D eigenvalue weighted by Crippen LogP contribution is -2.43. The van der Waals surface area contributed by atoms with Crippen LogP contribution >= 0.6 is 0 Å². The van der Waals surface area contributed by atoms with Gasteiger partial charge in [-0.25, -0.2) is 0 Å². The maximum absolute atomic E-state index is 12.0. The number of amides is 1. The van der Waals surface area contributed by atoms with Crippen molar-refractivity contribution in [1.82, 2.24) is 10.2 Å². The molecule has 1 aliphatic heterocycles. The van der Waals surface area contributed by atoms with E-state index in [4.69, 9.17) is 4.74 Å². The molecule has 0 bridgehead atoms. The highest BCUT2D eigenvalue weighted by molar-refractivity contribution is 5.76. The van der Waals surface area contributed by atoms with E-state index in [0.29, 0.717) is 13.0 Å². The van der Waals surface area contributed by atoms with Gasteiger partial charge < -0.3 is 15.2 Å². The van der Waals surface area contributed by atoms with Crippen molar-refractivity contribution in [2.75, 3.05) is 26.8 Å². The SMILES string of the molecule is COc1ccc(CNC(=O)CCN2CCCC[C@H]2CO)cc1. The highest BCUT2D eigenvalue weighted by atomic mass is 16.5. The van der Waals surface area contributed by atoms with Gasteiger partial charge in [0.1, 0.15) is 5.75 Å². The second-order valence-corrected chi connectivity index (χ2v) is 5.74. The number of likely N-dealkylation sites (tertiary alicyclic amines) is 1. The first-order valence-electron chi connectivity index (χ1n) is 7.97. The quantitative estimate of drug-likeness (QED) is 0.802. The Morgan fingerprint density at radius 2 is 2.14 bits per heavy atom. The van der Waals surface area contributed by atoms with Crippen molar-refractivity contribution in [1.29, 1.82) is 0 Å². The summed E-state index contributed by atoms with van der Waals surface area (Å²) in [5.41, 5.74) is 1.06.